The molecule has 0 aliphatic carbocycles. The van der Waals surface area contributed by atoms with Crippen molar-refractivity contribution in [3.05, 3.63) is 71.3 Å². The van der Waals surface area contributed by atoms with Crippen LogP contribution in [-0.2, 0) is 24.2 Å². The lowest BCUT2D eigenvalue weighted by Crippen LogP contribution is -2.50. The third-order valence-corrected chi connectivity index (χ3v) is 7.24. The molecular weight excluding hydrogens is 482 g/mol. The topological polar surface area (TPSA) is 128 Å². The summed E-state index contributed by atoms with van der Waals surface area (Å²) < 4.78 is 0. The van der Waals surface area contributed by atoms with Crippen molar-refractivity contribution >= 4 is 23.8 Å². The van der Waals surface area contributed by atoms with Gasteiger partial charge >= 0.3 is 12.0 Å². The maximum absolute atomic E-state index is 13.1. The molecule has 38 heavy (non-hydrogen) atoms. The van der Waals surface area contributed by atoms with Crippen molar-refractivity contribution in [1.29, 1.82) is 0 Å². The number of urea groups is 1. The quantitative estimate of drug-likeness (QED) is 0.456. The number of hydrogen-bond donors (Lipinski definition) is 3. The number of nitrogens with two attached hydrogens (primary N) is 1. The number of carboxylic acid groups (broad SMARTS) is 1. The average molecular weight is 516 g/mol. The van der Waals surface area contributed by atoms with Crippen molar-refractivity contribution in [1.82, 2.24) is 25.1 Å². The zero-order chi connectivity index (χ0) is 26.6. The van der Waals surface area contributed by atoms with Crippen LogP contribution in [0.2, 0.25) is 0 Å². The zero-order valence-corrected chi connectivity index (χ0v) is 21.5. The lowest BCUT2D eigenvalue weighted by Gasteiger charge is -2.33. The van der Waals surface area contributed by atoms with Gasteiger partial charge in [0.2, 0.25) is 5.95 Å². The van der Waals surface area contributed by atoms with E-state index in [0.29, 0.717) is 19.5 Å². The average Bonchev–Trinajstić information content (AvgIpc) is 2.92. The minimum Gasteiger partial charge on any atom is -0.480 e. The van der Waals surface area contributed by atoms with Crippen molar-refractivity contribution in [2.45, 2.75) is 25.4 Å². The van der Waals surface area contributed by atoms with Crippen LogP contribution in [-0.4, -0.2) is 82.7 Å². The molecule has 1 saturated heterocycles. The summed E-state index contributed by atoms with van der Waals surface area (Å²) in [5, 5.41) is 12.4. The third kappa shape index (κ3) is 5.86. The number of aromatic nitrogens is 2. The molecule has 1 atom stereocenters. The molecule has 1 aromatic heterocycles. The van der Waals surface area contributed by atoms with Crippen LogP contribution in [0.3, 0.4) is 0 Å². The van der Waals surface area contributed by atoms with Gasteiger partial charge in [-0.2, -0.15) is 4.98 Å². The number of nitrogens with one attached hydrogen (secondary N) is 1. The van der Waals surface area contributed by atoms with Gasteiger partial charge in [0, 0.05) is 57.3 Å². The van der Waals surface area contributed by atoms with Gasteiger partial charge in [-0.25, -0.2) is 14.6 Å². The number of aliphatic carboxylic acids is 1. The summed E-state index contributed by atoms with van der Waals surface area (Å²) in [7, 11) is 2.11. The standard InChI is InChI=1S/C28H33N7O3/c1-33-11-13-34(14-12-33)25-17-23(30-27(29)32-25)21-8-7-20-9-10-35(18-22(20)16-21)28(38)31-24(26(36)37)15-19-5-3-2-4-6-19/h2-8,16-17,24H,9-15,18H2,1H3,(H,31,38)(H,36,37)(H2,29,30,32). The number of carbonyl (C=O) groups is 2. The molecule has 2 aliphatic rings. The summed E-state index contributed by atoms with van der Waals surface area (Å²) in [6, 6.07) is 16.0. The van der Waals surface area contributed by atoms with Crippen LogP contribution < -0.4 is 16.0 Å². The molecule has 3 heterocycles. The molecule has 2 aliphatic heterocycles. The number of fused-ring (bicyclic) bond motifs is 1. The predicted molar refractivity (Wildman–Crippen MR) is 146 cm³/mol. The Bertz CT molecular complexity index is 1310. The van der Waals surface area contributed by atoms with Crippen molar-refractivity contribution in [2.75, 3.05) is 50.4 Å². The number of carboxylic acids is 1. The Labute approximate surface area is 222 Å². The molecule has 0 bridgehead atoms. The Kier molecular flexibility index (Phi) is 7.41. The van der Waals surface area contributed by atoms with Crippen molar-refractivity contribution in [2.24, 2.45) is 0 Å². The van der Waals surface area contributed by atoms with Crippen LogP contribution >= 0.6 is 0 Å². The number of nitrogen functional groups attached to an aromatic ring is 1. The third-order valence-electron chi connectivity index (χ3n) is 7.24. The Morgan fingerprint density at radius 1 is 1.00 bits per heavy atom. The number of benzene rings is 2. The van der Waals surface area contributed by atoms with E-state index in [0.717, 1.165) is 59.9 Å². The number of anilines is 2. The first-order chi connectivity index (χ1) is 18.4. The molecule has 0 spiro atoms. The van der Waals surface area contributed by atoms with Gasteiger partial charge in [0.05, 0.1) is 5.69 Å². The van der Waals surface area contributed by atoms with Crippen molar-refractivity contribution in [3.8, 4) is 11.3 Å². The molecule has 4 N–H and O–H groups in total. The number of likely N-dealkylation sites (N-methyl/N-ethyl adjacent to an activating group) is 1. The molecule has 198 valence electrons. The van der Waals surface area contributed by atoms with Gasteiger partial charge in [0.25, 0.3) is 0 Å². The van der Waals surface area contributed by atoms with E-state index < -0.39 is 12.0 Å². The second kappa shape index (κ2) is 11.1. The SMILES string of the molecule is CN1CCN(c2cc(-c3ccc4c(c3)CN(C(=O)NC(Cc3ccccc3)C(=O)O)CC4)nc(N)n2)CC1. The molecule has 0 radical (unpaired) electrons. The lowest BCUT2D eigenvalue weighted by atomic mass is 9.96. The van der Waals surface area contributed by atoms with Gasteiger partial charge in [0.15, 0.2) is 0 Å². The summed E-state index contributed by atoms with van der Waals surface area (Å²) in [5.74, 6) is -0.00913. The molecule has 0 saturated carbocycles. The number of hydrogen-bond acceptors (Lipinski definition) is 7. The van der Waals surface area contributed by atoms with Gasteiger partial charge in [-0.3, -0.25) is 0 Å². The molecule has 2 aromatic carbocycles. The van der Waals surface area contributed by atoms with Crippen LogP contribution in [0.5, 0.6) is 0 Å². The largest absolute Gasteiger partial charge is 0.480 e. The molecule has 3 aromatic rings. The van der Waals surface area contributed by atoms with Gasteiger partial charge in [0.1, 0.15) is 11.9 Å². The second-order valence-electron chi connectivity index (χ2n) is 9.94. The first kappa shape index (κ1) is 25.5. The fraction of sp³-hybridized carbons (Fsp3) is 0.357. The van der Waals surface area contributed by atoms with E-state index in [-0.39, 0.29) is 18.4 Å². The summed E-state index contributed by atoms with van der Waals surface area (Å²) in [6.45, 7) is 4.58. The van der Waals surface area contributed by atoms with Crippen LogP contribution in [0, 0.1) is 0 Å². The van der Waals surface area contributed by atoms with E-state index >= 15 is 0 Å². The van der Waals surface area contributed by atoms with Gasteiger partial charge < -0.3 is 30.9 Å². The van der Waals surface area contributed by atoms with Gasteiger partial charge in [-0.15, -0.1) is 0 Å². The van der Waals surface area contributed by atoms with E-state index in [4.69, 9.17) is 5.73 Å². The lowest BCUT2D eigenvalue weighted by molar-refractivity contribution is -0.139. The van der Waals surface area contributed by atoms with E-state index in [1.165, 1.54) is 0 Å². The smallest absolute Gasteiger partial charge is 0.326 e. The Balaban J connectivity index is 1.31. The fourth-order valence-corrected chi connectivity index (χ4v) is 4.98. The van der Waals surface area contributed by atoms with Crippen molar-refractivity contribution in [3.63, 3.8) is 0 Å². The monoisotopic (exact) mass is 515 g/mol. The number of carbonyl (C=O) groups excluding carboxylic acids is 1. The number of amides is 2. The van der Waals surface area contributed by atoms with Crippen LogP contribution in [0.1, 0.15) is 16.7 Å². The summed E-state index contributed by atoms with van der Waals surface area (Å²) in [5.41, 5.74) is 10.8. The molecule has 5 rings (SSSR count). The van der Waals surface area contributed by atoms with Crippen molar-refractivity contribution < 1.29 is 14.7 Å². The summed E-state index contributed by atoms with van der Waals surface area (Å²) in [4.78, 5) is 40.0. The summed E-state index contributed by atoms with van der Waals surface area (Å²) >= 11 is 0. The second-order valence-corrected chi connectivity index (χ2v) is 9.94. The Morgan fingerprint density at radius 2 is 1.76 bits per heavy atom. The molecular formula is C28H33N7O3. The maximum atomic E-state index is 13.1. The zero-order valence-electron chi connectivity index (χ0n) is 21.5. The van der Waals surface area contributed by atoms with E-state index in [2.05, 4.69) is 38.2 Å². The minimum absolute atomic E-state index is 0.223. The van der Waals surface area contributed by atoms with Gasteiger partial charge in [-0.05, 0) is 36.2 Å². The molecule has 1 unspecified atom stereocenters. The maximum Gasteiger partial charge on any atom is 0.326 e. The Morgan fingerprint density at radius 3 is 2.50 bits per heavy atom. The highest BCUT2D eigenvalue weighted by Gasteiger charge is 2.26. The molecule has 1 fully saturated rings. The number of nitrogens with zero attached hydrogens (tertiary/aromatic N) is 5. The Hall–Kier alpha value is -4.18. The molecule has 2 amide bonds. The van der Waals surface area contributed by atoms with Gasteiger partial charge in [-0.1, -0.05) is 42.5 Å². The van der Waals surface area contributed by atoms with E-state index in [1.54, 1.807) is 4.90 Å². The molecule has 10 heteroatoms. The highest BCUT2D eigenvalue weighted by molar-refractivity contribution is 5.83. The van der Waals surface area contributed by atoms with Crippen LogP contribution in [0.4, 0.5) is 16.6 Å². The predicted octanol–water partition coefficient (Wildman–Crippen LogP) is 2.24. The minimum atomic E-state index is -1.06. The highest BCUT2D eigenvalue weighted by atomic mass is 16.4. The van der Waals surface area contributed by atoms with Crippen LogP contribution in [0.25, 0.3) is 11.3 Å². The first-order valence-corrected chi connectivity index (χ1v) is 12.9. The normalized spacial score (nSPS) is 16.6. The fourth-order valence-electron chi connectivity index (χ4n) is 4.98. The van der Waals surface area contributed by atoms with Crippen LogP contribution in [0.15, 0.2) is 54.6 Å². The summed E-state index contributed by atoms with van der Waals surface area (Å²) in [6.07, 6.45) is 0.916. The first-order valence-electron chi connectivity index (χ1n) is 12.9. The highest BCUT2D eigenvalue weighted by Crippen LogP contribution is 2.28. The van der Waals surface area contributed by atoms with E-state index in [1.807, 2.05) is 48.5 Å². The van der Waals surface area contributed by atoms with E-state index in [9.17, 15) is 14.7 Å². The number of rotatable bonds is 6. The molecule has 10 nitrogen and oxygen atoms in total. The number of piperazine rings is 1.